The van der Waals surface area contributed by atoms with Gasteiger partial charge < -0.3 is 5.32 Å². The Balaban J connectivity index is 2.12. The first kappa shape index (κ1) is 9.27. The van der Waals surface area contributed by atoms with Crippen molar-refractivity contribution in [3.63, 3.8) is 0 Å². The topological polar surface area (TPSA) is 54.9 Å². The number of aldehydes is 1. The van der Waals surface area contributed by atoms with E-state index in [2.05, 4.69) is 15.3 Å². The van der Waals surface area contributed by atoms with Crippen molar-refractivity contribution in [2.75, 3.05) is 5.32 Å². The standard InChI is InChI=1S/C12H11N3O/c16-7-11-12(13-8-5-6-8)15-10-4-2-1-3-9(10)14-11/h1-4,7-8H,5-6H2,(H,13,15). The Kier molecular flexibility index (Phi) is 2.06. The van der Waals surface area contributed by atoms with Crippen LogP contribution in [0.1, 0.15) is 23.3 Å². The van der Waals surface area contributed by atoms with Gasteiger partial charge in [0.2, 0.25) is 0 Å². The number of hydrogen-bond acceptors (Lipinski definition) is 4. The molecule has 1 aromatic carbocycles. The summed E-state index contributed by atoms with van der Waals surface area (Å²) in [5.74, 6) is 0.608. The SMILES string of the molecule is O=Cc1nc2ccccc2nc1NC1CC1. The first-order valence-corrected chi connectivity index (χ1v) is 5.35. The van der Waals surface area contributed by atoms with E-state index in [0.717, 1.165) is 30.2 Å². The minimum Gasteiger partial charge on any atom is -0.365 e. The second-order valence-corrected chi connectivity index (χ2v) is 3.98. The molecule has 1 N–H and O–H groups in total. The Labute approximate surface area is 92.7 Å². The molecule has 3 rings (SSSR count). The van der Waals surface area contributed by atoms with Gasteiger partial charge in [-0.3, -0.25) is 4.79 Å². The van der Waals surface area contributed by atoms with Gasteiger partial charge in [0.25, 0.3) is 0 Å². The number of nitrogens with one attached hydrogen (secondary N) is 1. The Bertz CT molecular complexity index is 549. The van der Waals surface area contributed by atoms with Gasteiger partial charge in [-0.05, 0) is 25.0 Å². The van der Waals surface area contributed by atoms with Crippen LogP contribution in [0.3, 0.4) is 0 Å². The van der Waals surface area contributed by atoms with Crippen molar-refractivity contribution < 1.29 is 4.79 Å². The number of aromatic nitrogens is 2. The number of nitrogens with zero attached hydrogens (tertiary/aromatic N) is 2. The number of para-hydroxylation sites is 2. The first-order valence-electron chi connectivity index (χ1n) is 5.35. The molecule has 0 unspecified atom stereocenters. The number of carbonyl (C=O) groups is 1. The molecule has 0 radical (unpaired) electrons. The van der Waals surface area contributed by atoms with Crippen LogP contribution in [-0.4, -0.2) is 22.3 Å². The molecule has 0 atom stereocenters. The summed E-state index contributed by atoms with van der Waals surface area (Å²) in [5.41, 5.74) is 1.97. The monoisotopic (exact) mass is 213 g/mol. The van der Waals surface area contributed by atoms with Crippen molar-refractivity contribution in [3.8, 4) is 0 Å². The summed E-state index contributed by atoms with van der Waals surface area (Å²) in [6, 6.07) is 8.03. The zero-order valence-corrected chi connectivity index (χ0v) is 8.68. The fourth-order valence-electron chi connectivity index (χ4n) is 1.62. The predicted molar refractivity (Wildman–Crippen MR) is 61.6 cm³/mol. The molecule has 1 heterocycles. The summed E-state index contributed by atoms with van der Waals surface area (Å²) in [6.07, 6.45) is 3.05. The van der Waals surface area contributed by atoms with E-state index in [4.69, 9.17) is 0 Å². The molecule has 1 aromatic heterocycles. The lowest BCUT2D eigenvalue weighted by Crippen LogP contribution is -2.08. The van der Waals surface area contributed by atoms with Gasteiger partial charge in [-0.15, -0.1) is 0 Å². The maximum atomic E-state index is 10.9. The number of anilines is 1. The van der Waals surface area contributed by atoms with E-state index in [0.29, 0.717) is 17.6 Å². The summed E-state index contributed by atoms with van der Waals surface area (Å²) in [4.78, 5) is 19.6. The largest absolute Gasteiger partial charge is 0.365 e. The maximum absolute atomic E-state index is 10.9. The van der Waals surface area contributed by atoms with E-state index >= 15 is 0 Å². The molecule has 0 spiro atoms. The van der Waals surface area contributed by atoms with Crippen LogP contribution in [-0.2, 0) is 0 Å². The molecule has 4 nitrogen and oxygen atoms in total. The molecular weight excluding hydrogens is 202 g/mol. The second-order valence-electron chi connectivity index (χ2n) is 3.98. The zero-order valence-electron chi connectivity index (χ0n) is 8.68. The fourth-order valence-corrected chi connectivity index (χ4v) is 1.62. The average Bonchev–Trinajstić information content (AvgIpc) is 3.12. The quantitative estimate of drug-likeness (QED) is 0.792. The van der Waals surface area contributed by atoms with E-state index in [1.165, 1.54) is 0 Å². The van der Waals surface area contributed by atoms with Crippen LogP contribution >= 0.6 is 0 Å². The van der Waals surface area contributed by atoms with Crippen molar-refractivity contribution >= 4 is 23.1 Å². The normalized spacial score (nSPS) is 15.0. The van der Waals surface area contributed by atoms with Crippen LogP contribution in [0, 0.1) is 0 Å². The van der Waals surface area contributed by atoms with Crippen LogP contribution in [0.2, 0.25) is 0 Å². The molecular formula is C12H11N3O. The van der Waals surface area contributed by atoms with Gasteiger partial charge in [0, 0.05) is 6.04 Å². The van der Waals surface area contributed by atoms with Crippen molar-refractivity contribution in [1.29, 1.82) is 0 Å². The molecule has 0 saturated heterocycles. The summed E-state index contributed by atoms with van der Waals surface area (Å²) in [7, 11) is 0. The highest BCUT2D eigenvalue weighted by Gasteiger charge is 2.23. The van der Waals surface area contributed by atoms with Crippen LogP contribution < -0.4 is 5.32 Å². The molecule has 80 valence electrons. The molecule has 2 aromatic rings. The van der Waals surface area contributed by atoms with Gasteiger partial charge in [-0.25, -0.2) is 9.97 Å². The van der Waals surface area contributed by atoms with Crippen LogP contribution in [0.5, 0.6) is 0 Å². The third-order valence-electron chi connectivity index (χ3n) is 2.63. The first-order chi connectivity index (χ1) is 7.86. The Morgan fingerprint density at radius 3 is 2.50 bits per heavy atom. The minimum absolute atomic E-state index is 0.394. The minimum atomic E-state index is 0.394. The summed E-state index contributed by atoms with van der Waals surface area (Å²) in [6.45, 7) is 0. The number of fused-ring (bicyclic) bond motifs is 1. The van der Waals surface area contributed by atoms with Gasteiger partial charge in [-0.2, -0.15) is 0 Å². The van der Waals surface area contributed by atoms with Gasteiger partial charge in [0.15, 0.2) is 12.1 Å². The van der Waals surface area contributed by atoms with Gasteiger partial charge in [-0.1, -0.05) is 12.1 Å². The molecule has 1 aliphatic carbocycles. The average molecular weight is 213 g/mol. The highest BCUT2D eigenvalue weighted by atomic mass is 16.1. The van der Waals surface area contributed by atoms with Crippen LogP contribution in [0.15, 0.2) is 24.3 Å². The number of hydrogen-bond donors (Lipinski definition) is 1. The smallest absolute Gasteiger partial charge is 0.172 e. The van der Waals surface area contributed by atoms with Crippen LogP contribution in [0.25, 0.3) is 11.0 Å². The van der Waals surface area contributed by atoms with Crippen molar-refractivity contribution in [1.82, 2.24) is 9.97 Å². The highest BCUT2D eigenvalue weighted by molar-refractivity contribution is 5.86. The Morgan fingerprint density at radius 1 is 1.19 bits per heavy atom. The molecule has 16 heavy (non-hydrogen) atoms. The fraction of sp³-hybridized carbons (Fsp3) is 0.250. The van der Waals surface area contributed by atoms with E-state index in [-0.39, 0.29) is 0 Å². The lowest BCUT2D eigenvalue weighted by atomic mass is 10.3. The summed E-state index contributed by atoms with van der Waals surface area (Å²) >= 11 is 0. The molecule has 1 fully saturated rings. The number of rotatable bonds is 3. The van der Waals surface area contributed by atoms with Gasteiger partial charge in [0.05, 0.1) is 11.0 Å². The number of carbonyl (C=O) groups excluding carboxylic acids is 1. The molecule has 0 aliphatic heterocycles. The Morgan fingerprint density at radius 2 is 1.88 bits per heavy atom. The van der Waals surface area contributed by atoms with Crippen molar-refractivity contribution in [2.45, 2.75) is 18.9 Å². The predicted octanol–water partition coefficient (Wildman–Crippen LogP) is 2.02. The van der Waals surface area contributed by atoms with E-state index in [1.807, 2.05) is 24.3 Å². The lowest BCUT2D eigenvalue weighted by molar-refractivity contribution is 0.112. The summed E-state index contributed by atoms with van der Waals surface area (Å²) in [5, 5.41) is 3.22. The van der Waals surface area contributed by atoms with E-state index in [1.54, 1.807) is 0 Å². The molecule has 1 aliphatic rings. The van der Waals surface area contributed by atoms with Gasteiger partial charge in [0.1, 0.15) is 5.69 Å². The van der Waals surface area contributed by atoms with Crippen molar-refractivity contribution in [3.05, 3.63) is 30.0 Å². The lowest BCUT2D eigenvalue weighted by Gasteiger charge is -2.06. The second kappa shape index (κ2) is 3.56. The maximum Gasteiger partial charge on any atom is 0.172 e. The molecule has 4 heteroatoms. The summed E-state index contributed by atoms with van der Waals surface area (Å²) < 4.78 is 0. The molecule has 0 amide bonds. The third-order valence-corrected chi connectivity index (χ3v) is 2.63. The van der Waals surface area contributed by atoms with Crippen LogP contribution in [0.4, 0.5) is 5.82 Å². The van der Waals surface area contributed by atoms with Crippen molar-refractivity contribution in [2.24, 2.45) is 0 Å². The Hall–Kier alpha value is -1.97. The zero-order chi connectivity index (χ0) is 11.0. The highest BCUT2D eigenvalue weighted by Crippen LogP contribution is 2.25. The van der Waals surface area contributed by atoms with E-state index < -0.39 is 0 Å². The molecule has 1 saturated carbocycles. The molecule has 0 bridgehead atoms. The number of benzene rings is 1. The van der Waals surface area contributed by atoms with Gasteiger partial charge >= 0.3 is 0 Å². The van der Waals surface area contributed by atoms with E-state index in [9.17, 15) is 4.79 Å². The third kappa shape index (κ3) is 1.62.